The van der Waals surface area contributed by atoms with Crippen molar-refractivity contribution in [3.8, 4) is 0 Å². The van der Waals surface area contributed by atoms with Crippen molar-refractivity contribution in [1.29, 1.82) is 0 Å². The average molecular weight is 281 g/mol. The third-order valence-corrected chi connectivity index (χ3v) is 3.34. The number of hydrogen-bond donors (Lipinski definition) is 1. The Kier molecular flexibility index (Phi) is 4.06. The number of hydrogen-bond acceptors (Lipinski definition) is 5. The van der Waals surface area contributed by atoms with Crippen molar-refractivity contribution < 1.29 is 9.31 Å². The average Bonchev–Trinajstić information content (AvgIpc) is 2.75. The first-order chi connectivity index (χ1) is 9.06. The number of nitrogens with zero attached hydrogens (tertiary/aromatic N) is 2. The summed E-state index contributed by atoms with van der Waals surface area (Å²) in [4.78, 5) is 14.6. The van der Waals surface area contributed by atoms with E-state index < -0.39 is 10.7 Å². The lowest BCUT2D eigenvalue weighted by atomic mass is 10.2. The minimum Gasteiger partial charge on any atom is -0.379 e. The Balaban J connectivity index is 2.02. The number of rotatable bonds is 5. The molecule has 100 valence electrons. The molecule has 19 heavy (non-hydrogen) atoms. The van der Waals surface area contributed by atoms with E-state index in [1.165, 1.54) is 0 Å². The van der Waals surface area contributed by atoms with Gasteiger partial charge in [0.15, 0.2) is 0 Å². The minimum atomic E-state index is -0.533. The van der Waals surface area contributed by atoms with E-state index in [1.54, 1.807) is 11.3 Å². The molecule has 2 aromatic rings. The van der Waals surface area contributed by atoms with Gasteiger partial charge in [-0.3, -0.25) is 10.1 Å². The van der Waals surface area contributed by atoms with Crippen LogP contribution < -0.4 is 5.32 Å². The molecule has 0 radical (unpaired) electrons. The van der Waals surface area contributed by atoms with E-state index in [2.05, 4.69) is 10.3 Å². The zero-order valence-corrected chi connectivity index (χ0v) is 11.0. The highest BCUT2D eigenvalue weighted by molar-refractivity contribution is 7.09. The van der Waals surface area contributed by atoms with Crippen LogP contribution in [0.5, 0.6) is 0 Å². The van der Waals surface area contributed by atoms with Crippen LogP contribution in [0.2, 0.25) is 0 Å². The Morgan fingerprint density at radius 2 is 2.32 bits per heavy atom. The molecule has 0 aliphatic rings. The predicted octanol–water partition coefficient (Wildman–Crippen LogP) is 3.15. The van der Waals surface area contributed by atoms with Gasteiger partial charge in [0.1, 0.15) is 11.5 Å². The molecule has 0 saturated heterocycles. The molecule has 2 rings (SSSR count). The summed E-state index contributed by atoms with van der Waals surface area (Å²) in [6.45, 7) is 2.38. The standard InChI is InChI=1S/C12H12FN3O2S/c1-8-15-10(7-19-8)4-5-14-11-6-9(13)2-3-12(11)16(17)18/h2-3,6-7,14H,4-5H2,1H3. The Morgan fingerprint density at radius 3 is 2.95 bits per heavy atom. The lowest BCUT2D eigenvalue weighted by molar-refractivity contribution is -0.384. The van der Waals surface area contributed by atoms with Crippen LogP contribution in [0.15, 0.2) is 23.6 Å². The van der Waals surface area contributed by atoms with E-state index in [9.17, 15) is 14.5 Å². The third kappa shape index (κ3) is 3.47. The summed E-state index contributed by atoms with van der Waals surface area (Å²) < 4.78 is 13.1. The van der Waals surface area contributed by atoms with Gasteiger partial charge in [0.05, 0.1) is 15.6 Å². The molecular formula is C12H12FN3O2S. The molecular weight excluding hydrogens is 269 g/mol. The molecule has 7 heteroatoms. The van der Waals surface area contributed by atoms with Crippen LogP contribution in [-0.4, -0.2) is 16.5 Å². The van der Waals surface area contributed by atoms with Crippen molar-refractivity contribution in [2.24, 2.45) is 0 Å². The van der Waals surface area contributed by atoms with Crippen molar-refractivity contribution >= 4 is 22.7 Å². The number of halogens is 1. The first-order valence-electron chi connectivity index (χ1n) is 5.65. The van der Waals surface area contributed by atoms with Gasteiger partial charge in [-0.2, -0.15) is 0 Å². The number of benzene rings is 1. The molecule has 1 aromatic carbocycles. The van der Waals surface area contributed by atoms with Gasteiger partial charge in [-0.05, 0) is 13.0 Å². The normalized spacial score (nSPS) is 10.4. The maximum atomic E-state index is 13.1. The number of anilines is 1. The first-order valence-corrected chi connectivity index (χ1v) is 6.53. The zero-order valence-electron chi connectivity index (χ0n) is 10.2. The summed E-state index contributed by atoms with van der Waals surface area (Å²) in [5, 5.41) is 16.6. The Morgan fingerprint density at radius 1 is 1.53 bits per heavy atom. The Labute approximate surface area is 113 Å². The van der Waals surface area contributed by atoms with Gasteiger partial charge in [0.25, 0.3) is 5.69 Å². The highest BCUT2D eigenvalue weighted by Crippen LogP contribution is 2.24. The lowest BCUT2D eigenvalue weighted by Crippen LogP contribution is -2.07. The molecule has 0 bridgehead atoms. The third-order valence-electron chi connectivity index (χ3n) is 2.52. The number of nitro groups is 1. The highest BCUT2D eigenvalue weighted by atomic mass is 32.1. The SMILES string of the molecule is Cc1nc(CCNc2cc(F)ccc2[N+](=O)[O-])cs1. The largest absolute Gasteiger partial charge is 0.379 e. The highest BCUT2D eigenvalue weighted by Gasteiger charge is 2.13. The number of nitro benzene ring substituents is 1. The second-order valence-corrected chi connectivity index (χ2v) is 5.02. The van der Waals surface area contributed by atoms with Crippen LogP contribution in [-0.2, 0) is 6.42 Å². The first kappa shape index (κ1) is 13.4. The quantitative estimate of drug-likeness (QED) is 0.675. The van der Waals surface area contributed by atoms with Crippen molar-refractivity contribution in [1.82, 2.24) is 4.98 Å². The van der Waals surface area contributed by atoms with Gasteiger partial charge in [0.2, 0.25) is 0 Å². The summed E-state index contributed by atoms with van der Waals surface area (Å²) in [6.07, 6.45) is 0.637. The number of thiazole rings is 1. The van der Waals surface area contributed by atoms with E-state index in [0.717, 1.165) is 28.9 Å². The maximum absolute atomic E-state index is 13.1. The van der Waals surface area contributed by atoms with Gasteiger partial charge in [-0.15, -0.1) is 11.3 Å². The van der Waals surface area contributed by atoms with E-state index in [1.807, 2.05) is 12.3 Å². The van der Waals surface area contributed by atoms with E-state index in [-0.39, 0.29) is 11.4 Å². The molecule has 0 aliphatic heterocycles. The second-order valence-electron chi connectivity index (χ2n) is 3.95. The van der Waals surface area contributed by atoms with Crippen LogP contribution in [0, 0.1) is 22.9 Å². The summed E-state index contributed by atoms with van der Waals surface area (Å²) in [5.74, 6) is -0.502. The molecule has 1 aromatic heterocycles. The predicted molar refractivity (Wildman–Crippen MR) is 72.1 cm³/mol. The molecule has 0 fully saturated rings. The fourth-order valence-corrected chi connectivity index (χ4v) is 2.30. The van der Waals surface area contributed by atoms with Crippen molar-refractivity contribution in [2.75, 3.05) is 11.9 Å². The fraction of sp³-hybridized carbons (Fsp3) is 0.250. The molecule has 0 saturated carbocycles. The van der Waals surface area contributed by atoms with Crippen molar-refractivity contribution in [3.63, 3.8) is 0 Å². The van der Waals surface area contributed by atoms with Crippen LogP contribution in [0.25, 0.3) is 0 Å². The number of nitrogens with one attached hydrogen (secondary N) is 1. The van der Waals surface area contributed by atoms with Crippen LogP contribution in [0.3, 0.4) is 0 Å². The van der Waals surface area contributed by atoms with Gasteiger partial charge in [-0.25, -0.2) is 9.37 Å². The zero-order chi connectivity index (χ0) is 13.8. The fourth-order valence-electron chi connectivity index (χ4n) is 1.66. The van der Waals surface area contributed by atoms with Gasteiger partial charge in [0, 0.05) is 30.5 Å². The van der Waals surface area contributed by atoms with Crippen molar-refractivity contribution in [2.45, 2.75) is 13.3 Å². The van der Waals surface area contributed by atoms with Crippen LogP contribution in [0.1, 0.15) is 10.7 Å². The molecule has 1 heterocycles. The smallest absolute Gasteiger partial charge is 0.292 e. The molecule has 0 amide bonds. The maximum Gasteiger partial charge on any atom is 0.292 e. The summed E-state index contributed by atoms with van der Waals surface area (Å²) in [5.41, 5.74) is 0.988. The topological polar surface area (TPSA) is 68.1 Å². The summed E-state index contributed by atoms with van der Waals surface area (Å²) >= 11 is 1.55. The second kappa shape index (κ2) is 5.75. The lowest BCUT2D eigenvalue weighted by Gasteiger charge is -2.06. The molecule has 0 aliphatic carbocycles. The minimum absolute atomic E-state index is 0.129. The number of aromatic nitrogens is 1. The molecule has 5 nitrogen and oxygen atoms in total. The monoisotopic (exact) mass is 281 g/mol. The Hall–Kier alpha value is -2.02. The van der Waals surface area contributed by atoms with Gasteiger partial charge < -0.3 is 5.32 Å². The summed E-state index contributed by atoms with van der Waals surface area (Å²) in [6, 6.07) is 3.36. The van der Waals surface area contributed by atoms with Crippen LogP contribution in [0.4, 0.5) is 15.8 Å². The van der Waals surface area contributed by atoms with Gasteiger partial charge in [-0.1, -0.05) is 0 Å². The molecule has 1 N–H and O–H groups in total. The molecule has 0 unspecified atom stereocenters. The van der Waals surface area contributed by atoms with Gasteiger partial charge >= 0.3 is 0 Å². The van der Waals surface area contributed by atoms with Crippen LogP contribution >= 0.6 is 11.3 Å². The van der Waals surface area contributed by atoms with E-state index in [0.29, 0.717) is 13.0 Å². The Bertz CT molecular complexity index is 600. The molecule has 0 spiro atoms. The number of aryl methyl sites for hydroxylation is 1. The van der Waals surface area contributed by atoms with E-state index >= 15 is 0 Å². The van der Waals surface area contributed by atoms with Crippen molar-refractivity contribution in [3.05, 3.63) is 50.2 Å². The summed E-state index contributed by atoms with van der Waals surface area (Å²) in [7, 11) is 0. The van der Waals surface area contributed by atoms with E-state index in [4.69, 9.17) is 0 Å². The molecule has 0 atom stereocenters.